The molecule has 122 valence electrons. The first-order chi connectivity index (χ1) is 11.5. The van der Waals surface area contributed by atoms with Crippen molar-refractivity contribution in [2.45, 2.75) is 0 Å². The van der Waals surface area contributed by atoms with Gasteiger partial charge in [-0.1, -0.05) is 12.1 Å². The van der Waals surface area contributed by atoms with E-state index < -0.39 is 11.5 Å². The minimum atomic E-state index is -0.655. The quantitative estimate of drug-likeness (QED) is 0.691. The number of anilines is 2. The molecule has 1 heterocycles. The summed E-state index contributed by atoms with van der Waals surface area (Å²) >= 11 is 0. The molecular weight excluding hydrogens is 306 g/mol. The van der Waals surface area contributed by atoms with E-state index in [4.69, 9.17) is 0 Å². The van der Waals surface area contributed by atoms with E-state index in [1.807, 2.05) is 31.1 Å². The standard InChI is InChI=1S/C18H17N3O3/c1-21(2)12-9-7-11(8-10-12)19-17(23)15-16(22)13-5-3-4-6-14(13)20-18(15)24/h3-10H,1-2H3,(H,19,23)(H2,20,22,24). The van der Waals surface area contributed by atoms with Crippen LogP contribution in [-0.2, 0) is 0 Å². The minimum absolute atomic E-state index is 0.301. The van der Waals surface area contributed by atoms with Crippen LogP contribution in [0.3, 0.4) is 0 Å². The van der Waals surface area contributed by atoms with Gasteiger partial charge in [0, 0.05) is 30.9 Å². The van der Waals surface area contributed by atoms with Crippen LogP contribution < -0.4 is 15.8 Å². The molecule has 2 aromatic carbocycles. The van der Waals surface area contributed by atoms with Gasteiger partial charge >= 0.3 is 0 Å². The Kier molecular flexibility index (Phi) is 3.95. The highest BCUT2D eigenvalue weighted by Gasteiger charge is 2.19. The van der Waals surface area contributed by atoms with Crippen LogP contribution >= 0.6 is 0 Å². The topological polar surface area (TPSA) is 85.4 Å². The van der Waals surface area contributed by atoms with Crippen LogP contribution in [-0.4, -0.2) is 30.1 Å². The molecule has 1 amide bonds. The zero-order valence-electron chi connectivity index (χ0n) is 13.3. The van der Waals surface area contributed by atoms with Crippen LogP contribution in [0.4, 0.5) is 11.4 Å². The second kappa shape index (κ2) is 6.08. The van der Waals surface area contributed by atoms with Crippen molar-refractivity contribution in [3.8, 4) is 5.75 Å². The van der Waals surface area contributed by atoms with Gasteiger partial charge in [0.25, 0.3) is 11.5 Å². The number of H-pyrrole nitrogens is 1. The van der Waals surface area contributed by atoms with Crippen molar-refractivity contribution in [3.63, 3.8) is 0 Å². The normalized spacial score (nSPS) is 10.6. The fourth-order valence-electron chi connectivity index (χ4n) is 2.47. The Labute approximate surface area is 138 Å². The Hall–Kier alpha value is -3.28. The molecule has 0 saturated carbocycles. The molecule has 0 radical (unpaired) electrons. The molecule has 3 N–H and O–H groups in total. The number of nitrogens with one attached hydrogen (secondary N) is 2. The van der Waals surface area contributed by atoms with Gasteiger partial charge in [-0.2, -0.15) is 0 Å². The van der Waals surface area contributed by atoms with Crippen LogP contribution in [0.2, 0.25) is 0 Å². The molecule has 0 fully saturated rings. The predicted octanol–water partition coefficient (Wildman–Crippen LogP) is 2.55. The maximum absolute atomic E-state index is 12.4. The van der Waals surface area contributed by atoms with Crippen molar-refractivity contribution in [1.29, 1.82) is 0 Å². The van der Waals surface area contributed by atoms with Gasteiger partial charge in [-0.05, 0) is 36.4 Å². The lowest BCUT2D eigenvalue weighted by Gasteiger charge is -2.13. The second-order valence-electron chi connectivity index (χ2n) is 5.62. The molecule has 24 heavy (non-hydrogen) atoms. The third kappa shape index (κ3) is 2.81. The summed E-state index contributed by atoms with van der Waals surface area (Å²) in [6, 6.07) is 13.9. The van der Waals surface area contributed by atoms with Gasteiger partial charge in [-0.3, -0.25) is 9.59 Å². The highest BCUT2D eigenvalue weighted by Crippen LogP contribution is 2.25. The molecule has 3 rings (SSSR count). The number of rotatable bonds is 3. The molecule has 0 unspecified atom stereocenters. The maximum Gasteiger partial charge on any atom is 0.265 e. The van der Waals surface area contributed by atoms with E-state index >= 15 is 0 Å². The van der Waals surface area contributed by atoms with Gasteiger partial charge in [-0.15, -0.1) is 0 Å². The average molecular weight is 323 g/mol. The van der Waals surface area contributed by atoms with Crippen LogP contribution in [0.15, 0.2) is 53.3 Å². The number of pyridine rings is 1. The van der Waals surface area contributed by atoms with E-state index in [2.05, 4.69) is 10.3 Å². The Morgan fingerprint density at radius 1 is 1.08 bits per heavy atom. The smallest absolute Gasteiger partial charge is 0.265 e. The number of carbonyl (C=O) groups excluding carboxylic acids is 1. The molecule has 1 aromatic heterocycles. The number of aromatic amines is 1. The fourth-order valence-corrected chi connectivity index (χ4v) is 2.47. The van der Waals surface area contributed by atoms with E-state index in [1.54, 1.807) is 36.4 Å². The number of aromatic nitrogens is 1. The largest absolute Gasteiger partial charge is 0.506 e. The monoisotopic (exact) mass is 323 g/mol. The Morgan fingerprint density at radius 3 is 2.42 bits per heavy atom. The zero-order valence-corrected chi connectivity index (χ0v) is 13.3. The molecule has 0 bridgehead atoms. The maximum atomic E-state index is 12.4. The highest BCUT2D eigenvalue weighted by molar-refractivity contribution is 6.08. The third-order valence-corrected chi connectivity index (χ3v) is 3.76. The Bertz CT molecular complexity index is 959. The molecule has 6 nitrogen and oxygen atoms in total. The number of fused-ring (bicyclic) bond motifs is 1. The first-order valence-electron chi connectivity index (χ1n) is 7.40. The second-order valence-corrected chi connectivity index (χ2v) is 5.62. The predicted molar refractivity (Wildman–Crippen MR) is 95.0 cm³/mol. The Morgan fingerprint density at radius 2 is 1.75 bits per heavy atom. The third-order valence-electron chi connectivity index (χ3n) is 3.76. The lowest BCUT2D eigenvalue weighted by Crippen LogP contribution is -2.23. The van der Waals surface area contributed by atoms with E-state index in [-0.39, 0.29) is 11.3 Å². The molecule has 0 aliphatic carbocycles. The summed E-state index contributed by atoms with van der Waals surface area (Å²) in [6.07, 6.45) is 0. The van der Waals surface area contributed by atoms with Crippen molar-refractivity contribution in [2.24, 2.45) is 0 Å². The first-order valence-corrected chi connectivity index (χ1v) is 7.40. The minimum Gasteiger partial charge on any atom is -0.506 e. The fraction of sp³-hybridized carbons (Fsp3) is 0.111. The summed E-state index contributed by atoms with van der Waals surface area (Å²) in [7, 11) is 3.83. The summed E-state index contributed by atoms with van der Waals surface area (Å²) in [6.45, 7) is 0. The Balaban J connectivity index is 1.95. The molecule has 0 spiro atoms. The molecule has 0 atom stereocenters. The first kappa shape index (κ1) is 15.6. The van der Waals surface area contributed by atoms with Gasteiger partial charge in [0.05, 0.1) is 5.52 Å². The number of hydrogen-bond acceptors (Lipinski definition) is 4. The van der Waals surface area contributed by atoms with Gasteiger partial charge in [0.1, 0.15) is 11.3 Å². The number of nitrogens with zero attached hydrogens (tertiary/aromatic N) is 1. The lowest BCUT2D eigenvalue weighted by atomic mass is 10.1. The van der Waals surface area contributed by atoms with E-state index in [1.165, 1.54) is 0 Å². The summed E-state index contributed by atoms with van der Waals surface area (Å²) in [5.74, 6) is -0.978. The zero-order chi connectivity index (χ0) is 17.3. The molecule has 0 saturated heterocycles. The molecule has 0 aliphatic heterocycles. The van der Waals surface area contributed by atoms with Gasteiger partial charge < -0.3 is 20.3 Å². The summed E-state index contributed by atoms with van der Waals surface area (Å²) in [5, 5.41) is 13.4. The van der Waals surface area contributed by atoms with Crippen LogP contribution in [0, 0.1) is 0 Å². The number of amides is 1. The number of aromatic hydroxyl groups is 1. The number of benzene rings is 2. The van der Waals surface area contributed by atoms with Gasteiger partial charge in [0.15, 0.2) is 0 Å². The van der Waals surface area contributed by atoms with Crippen molar-refractivity contribution in [1.82, 2.24) is 4.98 Å². The summed E-state index contributed by atoms with van der Waals surface area (Å²) in [5.41, 5.74) is 1.07. The van der Waals surface area contributed by atoms with Crippen molar-refractivity contribution in [2.75, 3.05) is 24.3 Å². The van der Waals surface area contributed by atoms with Crippen molar-refractivity contribution in [3.05, 3.63) is 64.4 Å². The molecule has 6 heteroatoms. The van der Waals surface area contributed by atoms with E-state index in [0.717, 1.165) is 5.69 Å². The lowest BCUT2D eigenvalue weighted by molar-refractivity contribution is 0.102. The van der Waals surface area contributed by atoms with Crippen LogP contribution in [0.1, 0.15) is 10.4 Å². The van der Waals surface area contributed by atoms with Gasteiger partial charge in [-0.25, -0.2) is 0 Å². The number of carbonyl (C=O) groups is 1. The molecule has 0 aliphatic rings. The molecular formula is C18H17N3O3. The van der Waals surface area contributed by atoms with E-state index in [0.29, 0.717) is 16.6 Å². The molecule has 3 aromatic rings. The van der Waals surface area contributed by atoms with Gasteiger partial charge in [0.2, 0.25) is 0 Å². The van der Waals surface area contributed by atoms with E-state index in [9.17, 15) is 14.7 Å². The van der Waals surface area contributed by atoms with Crippen LogP contribution in [0.5, 0.6) is 5.75 Å². The van der Waals surface area contributed by atoms with Crippen molar-refractivity contribution < 1.29 is 9.90 Å². The van der Waals surface area contributed by atoms with Crippen LogP contribution in [0.25, 0.3) is 10.9 Å². The summed E-state index contributed by atoms with van der Waals surface area (Å²) in [4.78, 5) is 29.1. The SMILES string of the molecule is CN(C)c1ccc(NC(=O)c2c(O)c3ccccc3[nH]c2=O)cc1. The van der Waals surface area contributed by atoms with Crippen molar-refractivity contribution >= 4 is 28.2 Å². The highest BCUT2D eigenvalue weighted by atomic mass is 16.3. The number of hydrogen-bond donors (Lipinski definition) is 3. The number of para-hydroxylation sites is 1. The average Bonchev–Trinajstić information content (AvgIpc) is 2.55. The summed E-state index contributed by atoms with van der Waals surface area (Å²) < 4.78 is 0.